The van der Waals surface area contributed by atoms with Crippen LogP contribution in [0.5, 0.6) is 0 Å². The molecule has 1 N–H and O–H groups in total. The van der Waals surface area contributed by atoms with E-state index in [-0.39, 0.29) is 0 Å². The molecule has 0 aliphatic heterocycles. The van der Waals surface area contributed by atoms with E-state index in [9.17, 15) is 0 Å². The maximum atomic E-state index is 4.36. The van der Waals surface area contributed by atoms with Gasteiger partial charge in [-0.3, -0.25) is 4.98 Å². The first-order chi connectivity index (χ1) is 9.19. The summed E-state index contributed by atoms with van der Waals surface area (Å²) >= 11 is 0. The maximum absolute atomic E-state index is 4.36. The number of aromatic nitrogens is 1. The van der Waals surface area contributed by atoms with Gasteiger partial charge in [-0.15, -0.1) is 0 Å². The van der Waals surface area contributed by atoms with Gasteiger partial charge in [0.1, 0.15) is 0 Å². The molecule has 0 saturated heterocycles. The third-order valence-corrected chi connectivity index (χ3v) is 3.26. The topological polar surface area (TPSA) is 28.2 Å². The van der Waals surface area contributed by atoms with E-state index in [1.165, 1.54) is 24.9 Å². The van der Waals surface area contributed by atoms with Gasteiger partial charge < -0.3 is 10.2 Å². The number of hydrogen-bond acceptors (Lipinski definition) is 3. The molecule has 1 rings (SSSR count). The Hall–Kier alpha value is -1.25. The fraction of sp³-hybridized carbons (Fsp3) is 0.688. The summed E-state index contributed by atoms with van der Waals surface area (Å²) in [5, 5.41) is 3.41. The first-order valence-electron chi connectivity index (χ1n) is 7.64. The minimum Gasteiger partial charge on any atom is -0.384 e. The van der Waals surface area contributed by atoms with Crippen molar-refractivity contribution in [1.29, 1.82) is 0 Å². The lowest BCUT2D eigenvalue weighted by Crippen LogP contribution is -2.31. The SMILES string of the molecule is CCCCCN(c1cncc(NCCC)c1)C(C)C. The van der Waals surface area contributed by atoms with Gasteiger partial charge in [-0.2, -0.15) is 0 Å². The maximum Gasteiger partial charge on any atom is 0.0575 e. The van der Waals surface area contributed by atoms with Gasteiger partial charge in [-0.25, -0.2) is 0 Å². The van der Waals surface area contributed by atoms with Gasteiger partial charge in [0.05, 0.1) is 23.8 Å². The van der Waals surface area contributed by atoms with Crippen LogP contribution in [0.3, 0.4) is 0 Å². The molecule has 0 saturated carbocycles. The monoisotopic (exact) mass is 263 g/mol. The smallest absolute Gasteiger partial charge is 0.0575 e. The second kappa shape index (κ2) is 8.78. The quantitative estimate of drug-likeness (QED) is 0.673. The minimum absolute atomic E-state index is 0.514. The van der Waals surface area contributed by atoms with Crippen LogP contribution in [-0.2, 0) is 0 Å². The van der Waals surface area contributed by atoms with Gasteiger partial charge in [-0.1, -0.05) is 26.7 Å². The van der Waals surface area contributed by atoms with E-state index in [1.807, 2.05) is 12.4 Å². The molecule has 0 aliphatic carbocycles. The van der Waals surface area contributed by atoms with Crippen LogP contribution in [0.1, 0.15) is 53.4 Å². The lowest BCUT2D eigenvalue weighted by molar-refractivity contribution is 0.625. The highest BCUT2D eigenvalue weighted by Gasteiger charge is 2.10. The molecule has 0 radical (unpaired) electrons. The average molecular weight is 263 g/mol. The van der Waals surface area contributed by atoms with Crippen LogP contribution in [-0.4, -0.2) is 24.1 Å². The van der Waals surface area contributed by atoms with Crippen LogP contribution in [0.4, 0.5) is 11.4 Å². The lowest BCUT2D eigenvalue weighted by atomic mass is 10.2. The van der Waals surface area contributed by atoms with E-state index in [0.29, 0.717) is 6.04 Å². The number of unbranched alkanes of at least 4 members (excludes halogenated alkanes) is 2. The van der Waals surface area contributed by atoms with Crippen molar-refractivity contribution in [3.63, 3.8) is 0 Å². The van der Waals surface area contributed by atoms with E-state index in [2.05, 4.69) is 49.0 Å². The van der Waals surface area contributed by atoms with Crippen LogP contribution < -0.4 is 10.2 Å². The molecule has 1 heterocycles. The lowest BCUT2D eigenvalue weighted by Gasteiger charge is -2.29. The molecule has 0 spiro atoms. The molecule has 0 amide bonds. The summed E-state index contributed by atoms with van der Waals surface area (Å²) in [5.74, 6) is 0. The van der Waals surface area contributed by atoms with Crippen molar-refractivity contribution in [2.24, 2.45) is 0 Å². The summed E-state index contributed by atoms with van der Waals surface area (Å²) in [6.45, 7) is 11.0. The standard InChI is InChI=1S/C16H29N3/c1-5-7-8-10-19(14(3)4)16-11-15(12-17-13-16)18-9-6-2/h11-14,18H,5-10H2,1-4H3. The summed E-state index contributed by atoms with van der Waals surface area (Å²) in [6.07, 6.45) is 8.83. The molecule has 1 aromatic rings. The number of nitrogens with zero attached hydrogens (tertiary/aromatic N) is 2. The third-order valence-electron chi connectivity index (χ3n) is 3.26. The fourth-order valence-electron chi connectivity index (χ4n) is 2.17. The first kappa shape index (κ1) is 15.8. The number of nitrogens with one attached hydrogen (secondary N) is 1. The van der Waals surface area contributed by atoms with Gasteiger partial charge >= 0.3 is 0 Å². The van der Waals surface area contributed by atoms with Gasteiger partial charge in [0.25, 0.3) is 0 Å². The zero-order valence-corrected chi connectivity index (χ0v) is 12.9. The Morgan fingerprint density at radius 3 is 2.58 bits per heavy atom. The number of pyridine rings is 1. The summed E-state index contributed by atoms with van der Waals surface area (Å²) in [7, 11) is 0. The van der Waals surface area contributed by atoms with Crippen molar-refractivity contribution in [3.05, 3.63) is 18.5 Å². The van der Waals surface area contributed by atoms with E-state index in [0.717, 1.165) is 25.2 Å². The summed E-state index contributed by atoms with van der Waals surface area (Å²) in [6, 6.07) is 2.73. The molecule has 0 bridgehead atoms. The molecule has 108 valence electrons. The van der Waals surface area contributed by atoms with E-state index >= 15 is 0 Å². The van der Waals surface area contributed by atoms with Gasteiger partial charge in [0.15, 0.2) is 0 Å². The number of hydrogen-bond donors (Lipinski definition) is 1. The third kappa shape index (κ3) is 5.50. The zero-order chi connectivity index (χ0) is 14.1. The fourth-order valence-corrected chi connectivity index (χ4v) is 2.17. The van der Waals surface area contributed by atoms with Crippen molar-refractivity contribution in [1.82, 2.24) is 4.98 Å². The summed E-state index contributed by atoms with van der Waals surface area (Å²) in [5.41, 5.74) is 2.35. The molecular weight excluding hydrogens is 234 g/mol. The Kier molecular flexibility index (Phi) is 7.31. The summed E-state index contributed by atoms with van der Waals surface area (Å²) in [4.78, 5) is 6.81. The van der Waals surface area contributed by atoms with Crippen molar-refractivity contribution >= 4 is 11.4 Å². The van der Waals surface area contributed by atoms with E-state index < -0.39 is 0 Å². The minimum atomic E-state index is 0.514. The molecule has 3 heteroatoms. The molecular formula is C16H29N3. The highest BCUT2D eigenvalue weighted by Crippen LogP contribution is 2.20. The van der Waals surface area contributed by atoms with Crippen LogP contribution in [0.2, 0.25) is 0 Å². The highest BCUT2D eigenvalue weighted by molar-refractivity contribution is 5.56. The molecule has 0 fully saturated rings. The highest BCUT2D eigenvalue weighted by atomic mass is 15.2. The second-order valence-electron chi connectivity index (χ2n) is 5.35. The van der Waals surface area contributed by atoms with Crippen molar-refractivity contribution in [3.8, 4) is 0 Å². The molecule has 0 atom stereocenters. The van der Waals surface area contributed by atoms with Crippen LogP contribution in [0, 0.1) is 0 Å². The van der Waals surface area contributed by atoms with Gasteiger partial charge in [0, 0.05) is 19.1 Å². The van der Waals surface area contributed by atoms with Gasteiger partial charge in [0.2, 0.25) is 0 Å². The summed E-state index contributed by atoms with van der Waals surface area (Å²) < 4.78 is 0. The zero-order valence-electron chi connectivity index (χ0n) is 12.9. The number of rotatable bonds is 9. The number of anilines is 2. The second-order valence-corrected chi connectivity index (χ2v) is 5.35. The van der Waals surface area contributed by atoms with E-state index in [1.54, 1.807) is 0 Å². The Morgan fingerprint density at radius 2 is 1.95 bits per heavy atom. The molecule has 3 nitrogen and oxygen atoms in total. The largest absolute Gasteiger partial charge is 0.384 e. The first-order valence-corrected chi connectivity index (χ1v) is 7.64. The Balaban J connectivity index is 2.71. The van der Waals surface area contributed by atoms with Crippen molar-refractivity contribution in [2.45, 2.75) is 59.4 Å². The molecule has 0 unspecified atom stereocenters. The predicted octanol–water partition coefficient (Wildman–Crippen LogP) is 4.31. The van der Waals surface area contributed by atoms with Crippen LogP contribution in [0.15, 0.2) is 18.5 Å². The van der Waals surface area contributed by atoms with Crippen molar-refractivity contribution < 1.29 is 0 Å². The Morgan fingerprint density at radius 1 is 1.16 bits per heavy atom. The molecule has 1 aromatic heterocycles. The Labute approximate surface area is 118 Å². The Bertz CT molecular complexity index is 350. The molecule has 0 aliphatic rings. The normalized spacial score (nSPS) is 10.8. The van der Waals surface area contributed by atoms with Gasteiger partial charge in [-0.05, 0) is 32.8 Å². The van der Waals surface area contributed by atoms with Crippen LogP contribution >= 0.6 is 0 Å². The molecule has 19 heavy (non-hydrogen) atoms. The molecule has 0 aromatic carbocycles. The average Bonchev–Trinajstić information content (AvgIpc) is 2.41. The van der Waals surface area contributed by atoms with Crippen molar-refractivity contribution in [2.75, 3.05) is 23.3 Å². The van der Waals surface area contributed by atoms with Crippen LogP contribution in [0.25, 0.3) is 0 Å². The van der Waals surface area contributed by atoms with E-state index in [4.69, 9.17) is 0 Å². The predicted molar refractivity (Wildman–Crippen MR) is 85.0 cm³/mol.